The number of hydrogen-bond donors (Lipinski definition) is 1. The number of nitrogens with zero attached hydrogens (tertiary/aromatic N) is 3. The van der Waals surface area contributed by atoms with Crippen LogP contribution in [-0.4, -0.2) is 26.1 Å². The van der Waals surface area contributed by atoms with Gasteiger partial charge in [0.2, 0.25) is 0 Å². The van der Waals surface area contributed by atoms with Gasteiger partial charge in [-0.1, -0.05) is 5.21 Å². The molecule has 1 aromatic heterocycles. The van der Waals surface area contributed by atoms with Crippen LogP contribution in [0.1, 0.15) is 5.69 Å². The minimum Gasteiger partial charge on any atom is -0.481 e. The maximum Gasteiger partial charge on any atom is 0.309 e. The third-order valence-electron chi connectivity index (χ3n) is 1.04. The summed E-state index contributed by atoms with van der Waals surface area (Å²) in [5.74, 6) is -1.00. The van der Waals surface area contributed by atoms with Crippen molar-refractivity contribution in [2.75, 3.05) is 0 Å². The minimum absolute atomic E-state index is 0.222. The first-order chi connectivity index (χ1) is 5.22. The highest BCUT2D eigenvalue weighted by molar-refractivity contribution is 5.69. The summed E-state index contributed by atoms with van der Waals surface area (Å²) in [5.41, 5.74) is 0.259. The van der Waals surface area contributed by atoms with E-state index in [1.54, 1.807) is 0 Å². The lowest BCUT2D eigenvalue weighted by atomic mass is 10.3. The molecule has 0 amide bonds. The maximum atomic E-state index is 11.8. The number of halogens is 1. The first kappa shape index (κ1) is 7.64. The van der Waals surface area contributed by atoms with E-state index in [4.69, 9.17) is 5.11 Å². The maximum absolute atomic E-state index is 11.8. The zero-order valence-corrected chi connectivity index (χ0v) is 5.57. The molecule has 6 heteroatoms. The normalized spacial score (nSPS) is 9.91. The number of aromatic nitrogens is 3. The summed E-state index contributed by atoms with van der Waals surface area (Å²) >= 11 is 0. The van der Waals surface area contributed by atoms with E-state index in [2.05, 4.69) is 10.3 Å². The van der Waals surface area contributed by atoms with Gasteiger partial charge in [0.1, 0.15) is 0 Å². The molecule has 1 N–H and O–H groups in total. The van der Waals surface area contributed by atoms with E-state index >= 15 is 0 Å². The topological polar surface area (TPSA) is 68.0 Å². The van der Waals surface area contributed by atoms with Crippen LogP contribution in [0.2, 0.25) is 0 Å². The molecule has 0 aliphatic carbocycles. The van der Waals surface area contributed by atoms with Gasteiger partial charge in [0.15, 0.2) is 6.80 Å². The highest BCUT2D eigenvalue weighted by Gasteiger charge is 2.04. The molecule has 0 bridgehead atoms. The molecule has 60 valence electrons. The fraction of sp³-hybridized carbons (Fsp3) is 0.400. The van der Waals surface area contributed by atoms with E-state index in [9.17, 15) is 9.18 Å². The van der Waals surface area contributed by atoms with Gasteiger partial charge in [0.25, 0.3) is 0 Å². The smallest absolute Gasteiger partial charge is 0.309 e. The lowest BCUT2D eigenvalue weighted by Crippen LogP contribution is -1.99. The minimum atomic E-state index is -1.00. The molecule has 5 nitrogen and oxygen atoms in total. The number of carbonyl (C=O) groups is 1. The van der Waals surface area contributed by atoms with Crippen molar-refractivity contribution >= 4 is 5.97 Å². The zero-order valence-electron chi connectivity index (χ0n) is 5.57. The average Bonchev–Trinajstić information content (AvgIpc) is 2.34. The lowest BCUT2D eigenvalue weighted by molar-refractivity contribution is -0.136. The Kier molecular flexibility index (Phi) is 2.15. The molecule has 11 heavy (non-hydrogen) atoms. The van der Waals surface area contributed by atoms with Crippen LogP contribution < -0.4 is 0 Å². The standard InChI is InChI=1S/C5H6FN3O2/c6-3-9-2-4(7-8-9)1-5(10)11/h2H,1,3H2,(H,10,11)/i6-1. The number of aliphatic carboxylic acids is 1. The summed E-state index contributed by atoms with van der Waals surface area (Å²) in [6, 6.07) is 0. The number of hydrogen-bond acceptors (Lipinski definition) is 3. The Morgan fingerprint density at radius 1 is 1.82 bits per heavy atom. The molecule has 0 radical (unpaired) electrons. The predicted molar refractivity (Wildman–Crippen MR) is 32.5 cm³/mol. The van der Waals surface area contributed by atoms with Gasteiger partial charge in [-0.15, -0.1) is 5.10 Å². The number of rotatable bonds is 3. The Hall–Kier alpha value is -1.46. The first-order valence-corrected chi connectivity index (χ1v) is 2.89. The fourth-order valence-electron chi connectivity index (χ4n) is 0.633. The van der Waals surface area contributed by atoms with Crippen molar-refractivity contribution in [2.45, 2.75) is 13.2 Å². The Morgan fingerprint density at radius 2 is 2.55 bits per heavy atom. The van der Waals surface area contributed by atoms with Crippen LogP contribution in [0.15, 0.2) is 6.20 Å². The van der Waals surface area contributed by atoms with E-state index in [1.807, 2.05) is 0 Å². The van der Waals surface area contributed by atoms with Crippen molar-refractivity contribution in [3.63, 3.8) is 0 Å². The number of alkyl halides is 1. The van der Waals surface area contributed by atoms with Crippen LogP contribution in [0.4, 0.5) is 4.39 Å². The molecule has 0 aromatic carbocycles. The van der Waals surface area contributed by atoms with E-state index in [1.165, 1.54) is 6.20 Å². The number of carboxylic acid groups (broad SMARTS) is 1. The summed E-state index contributed by atoms with van der Waals surface area (Å²) in [7, 11) is 0. The second-order valence-electron chi connectivity index (χ2n) is 1.94. The highest BCUT2D eigenvalue weighted by atomic mass is 18.2. The van der Waals surface area contributed by atoms with Crippen LogP contribution in [0.3, 0.4) is 0 Å². The summed E-state index contributed by atoms with van der Waals surface area (Å²) in [6.07, 6.45) is 1.04. The SMILES string of the molecule is O=C(O)Cc1cn(C[18F])nn1. The summed E-state index contributed by atoms with van der Waals surface area (Å²) in [5, 5.41) is 15.0. The number of carboxylic acids is 1. The van der Waals surface area contributed by atoms with Crippen molar-refractivity contribution in [2.24, 2.45) is 0 Å². The molecule has 0 saturated heterocycles. The van der Waals surface area contributed by atoms with Crippen molar-refractivity contribution < 1.29 is 14.3 Å². The third-order valence-corrected chi connectivity index (χ3v) is 1.04. The van der Waals surface area contributed by atoms with E-state index in [-0.39, 0.29) is 12.1 Å². The van der Waals surface area contributed by atoms with Crippen LogP contribution in [0.5, 0.6) is 0 Å². The molecule has 1 heterocycles. The highest BCUT2D eigenvalue weighted by Crippen LogP contribution is 1.94. The van der Waals surface area contributed by atoms with E-state index in [0.717, 1.165) is 4.68 Å². The summed E-state index contributed by atoms with van der Waals surface area (Å²) in [6.45, 7) is -0.785. The van der Waals surface area contributed by atoms with Crippen molar-refractivity contribution in [3.8, 4) is 0 Å². The molecule has 0 aliphatic rings. The molecule has 0 fully saturated rings. The molecule has 0 spiro atoms. The molecule has 0 aliphatic heterocycles. The predicted octanol–water partition coefficient (Wildman–Crippen LogP) is -0.168. The Labute approximate surface area is 61.4 Å². The third kappa shape index (κ3) is 1.99. The van der Waals surface area contributed by atoms with Crippen LogP contribution >= 0.6 is 0 Å². The molecule has 1 aromatic rings. The molecule has 1 rings (SSSR count). The quantitative estimate of drug-likeness (QED) is 0.663. The molecular formula is C5H6FN3O2. The molecular weight excluding hydrogens is 152 g/mol. The second kappa shape index (κ2) is 3.09. The molecule has 0 unspecified atom stereocenters. The van der Waals surface area contributed by atoms with Crippen molar-refractivity contribution in [1.82, 2.24) is 15.0 Å². The van der Waals surface area contributed by atoms with Gasteiger partial charge in [0.05, 0.1) is 18.3 Å². The van der Waals surface area contributed by atoms with E-state index < -0.39 is 12.8 Å². The lowest BCUT2D eigenvalue weighted by Gasteiger charge is -1.85. The van der Waals surface area contributed by atoms with Gasteiger partial charge in [-0.25, -0.2) is 9.07 Å². The summed E-state index contributed by atoms with van der Waals surface area (Å²) in [4.78, 5) is 10.1. The summed E-state index contributed by atoms with van der Waals surface area (Å²) < 4.78 is 12.7. The van der Waals surface area contributed by atoms with Gasteiger partial charge in [0, 0.05) is 0 Å². The zero-order chi connectivity index (χ0) is 8.27. The van der Waals surface area contributed by atoms with E-state index in [0.29, 0.717) is 0 Å². The van der Waals surface area contributed by atoms with Crippen molar-refractivity contribution in [1.29, 1.82) is 0 Å². The Balaban J connectivity index is 2.65. The van der Waals surface area contributed by atoms with Gasteiger partial charge in [-0.2, -0.15) is 0 Å². The van der Waals surface area contributed by atoms with Gasteiger partial charge in [-0.3, -0.25) is 4.79 Å². The Bertz CT molecular complexity index is 260. The second-order valence-corrected chi connectivity index (χ2v) is 1.94. The largest absolute Gasteiger partial charge is 0.481 e. The van der Waals surface area contributed by atoms with Crippen LogP contribution in [0.25, 0.3) is 0 Å². The van der Waals surface area contributed by atoms with Gasteiger partial charge >= 0.3 is 5.97 Å². The monoisotopic (exact) mass is 158 g/mol. The van der Waals surface area contributed by atoms with Gasteiger partial charge in [-0.05, 0) is 0 Å². The first-order valence-electron chi connectivity index (χ1n) is 2.89. The fourth-order valence-corrected chi connectivity index (χ4v) is 0.633. The van der Waals surface area contributed by atoms with Gasteiger partial charge < -0.3 is 5.11 Å². The van der Waals surface area contributed by atoms with Crippen LogP contribution in [-0.2, 0) is 18.0 Å². The van der Waals surface area contributed by atoms with Crippen LogP contribution in [0, 0.1) is 0 Å². The van der Waals surface area contributed by atoms with Crippen molar-refractivity contribution in [3.05, 3.63) is 11.9 Å². The molecule has 0 atom stereocenters. The molecule has 0 saturated carbocycles. The average molecular weight is 158 g/mol. The Morgan fingerprint density at radius 3 is 3.00 bits per heavy atom.